The van der Waals surface area contributed by atoms with Gasteiger partial charge in [-0.3, -0.25) is 19.5 Å². The fourth-order valence-electron chi connectivity index (χ4n) is 4.29. The maximum Gasteiger partial charge on any atom is 0.338 e. The highest BCUT2D eigenvalue weighted by Gasteiger charge is 2.47. The van der Waals surface area contributed by atoms with Crippen LogP contribution in [0.15, 0.2) is 72.4 Å². The molecule has 1 aliphatic heterocycles. The molecule has 1 N–H and O–H groups in total. The molecule has 1 amide bonds. The minimum absolute atomic E-state index is 0.0254. The van der Waals surface area contributed by atoms with Gasteiger partial charge in [0.25, 0.3) is 11.7 Å². The van der Waals surface area contributed by atoms with Crippen LogP contribution < -0.4 is 9.64 Å². The number of nitrogens with zero attached hydrogens (tertiary/aromatic N) is 2. The van der Waals surface area contributed by atoms with Crippen LogP contribution in [0.4, 0.5) is 5.69 Å². The van der Waals surface area contributed by atoms with Gasteiger partial charge in [0.15, 0.2) is 0 Å². The fourth-order valence-corrected chi connectivity index (χ4v) is 4.29. The Labute approximate surface area is 221 Å². The molecule has 0 aliphatic carbocycles. The molecule has 1 saturated heterocycles. The van der Waals surface area contributed by atoms with Crippen molar-refractivity contribution in [3.05, 3.63) is 94.8 Å². The van der Waals surface area contributed by atoms with Gasteiger partial charge in [-0.25, -0.2) is 4.79 Å². The molecule has 4 rings (SSSR count). The van der Waals surface area contributed by atoms with E-state index < -0.39 is 23.7 Å². The molecule has 3 aromatic rings. The number of aryl methyl sites for hydroxylation is 1. The highest BCUT2D eigenvalue weighted by Crippen LogP contribution is 2.41. The van der Waals surface area contributed by atoms with Crippen LogP contribution in [0, 0.1) is 6.92 Å². The van der Waals surface area contributed by atoms with Gasteiger partial charge in [-0.2, -0.15) is 0 Å². The number of carbonyl (C=O) groups is 3. The first-order valence-electron chi connectivity index (χ1n) is 12.5. The molecule has 1 aromatic heterocycles. The van der Waals surface area contributed by atoms with E-state index in [1.54, 1.807) is 66.9 Å². The lowest BCUT2D eigenvalue weighted by Gasteiger charge is -2.24. The number of ether oxygens (including phenoxy) is 2. The minimum Gasteiger partial charge on any atom is -0.507 e. The van der Waals surface area contributed by atoms with Gasteiger partial charge in [-0.15, -0.1) is 0 Å². The van der Waals surface area contributed by atoms with Gasteiger partial charge in [0.05, 0.1) is 29.5 Å². The zero-order valence-electron chi connectivity index (χ0n) is 21.8. The molecule has 0 radical (unpaired) electrons. The standard InChI is InChI=1S/C30H30N2O6/c1-5-16-37-30(36)20-9-12-22(13-10-20)32-26(23-8-6-7-15-31-23)25(28(34)29(32)35)27(33)21-11-14-24(19(4)17-21)38-18(2)3/h6-15,17-18,26,33H,5,16H2,1-4H3/b27-25-. The number of rotatable bonds is 8. The summed E-state index contributed by atoms with van der Waals surface area (Å²) >= 11 is 0. The van der Waals surface area contributed by atoms with Crippen LogP contribution in [-0.2, 0) is 14.3 Å². The third-order valence-electron chi connectivity index (χ3n) is 6.04. The molecule has 196 valence electrons. The number of aliphatic hydroxyl groups excluding tert-OH is 1. The molecule has 2 heterocycles. The molecule has 1 aliphatic rings. The van der Waals surface area contributed by atoms with Gasteiger partial charge >= 0.3 is 5.97 Å². The average molecular weight is 515 g/mol. The van der Waals surface area contributed by atoms with Crippen molar-refractivity contribution >= 4 is 29.1 Å². The number of pyridine rings is 1. The number of Topliss-reactive ketones (excluding diaryl/α,β-unsaturated/α-hetero) is 1. The molecule has 0 spiro atoms. The number of hydrogen-bond donors (Lipinski definition) is 1. The van der Waals surface area contributed by atoms with Crippen LogP contribution >= 0.6 is 0 Å². The third-order valence-corrected chi connectivity index (χ3v) is 6.04. The number of aromatic nitrogens is 1. The van der Waals surface area contributed by atoms with Crippen molar-refractivity contribution in [2.45, 2.75) is 46.3 Å². The summed E-state index contributed by atoms with van der Waals surface area (Å²) in [7, 11) is 0. The van der Waals surface area contributed by atoms with Crippen LogP contribution in [0.5, 0.6) is 5.75 Å². The third kappa shape index (κ3) is 5.29. The van der Waals surface area contributed by atoms with Crippen LogP contribution in [0.3, 0.4) is 0 Å². The van der Waals surface area contributed by atoms with Crippen molar-refractivity contribution < 1.29 is 29.0 Å². The average Bonchev–Trinajstić information content (AvgIpc) is 3.18. The van der Waals surface area contributed by atoms with Crippen LogP contribution in [0.2, 0.25) is 0 Å². The van der Waals surface area contributed by atoms with E-state index >= 15 is 0 Å². The first kappa shape index (κ1) is 26.6. The molecule has 1 unspecified atom stereocenters. The van der Waals surface area contributed by atoms with Crippen molar-refractivity contribution in [2.75, 3.05) is 11.5 Å². The van der Waals surface area contributed by atoms with E-state index in [1.165, 1.54) is 4.90 Å². The van der Waals surface area contributed by atoms with Crippen LogP contribution in [0.25, 0.3) is 5.76 Å². The Hall–Kier alpha value is -4.46. The van der Waals surface area contributed by atoms with Gasteiger partial charge in [-0.05, 0) is 87.4 Å². The zero-order chi connectivity index (χ0) is 27.4. The summed E-state index contributed by atoms with van der Waals surface area (Å²) in [6.07, 6.45) is 2.23. The van der Waals surface area contributed by atoms with Gasteiger partial charge < -0.3 is 14.6 Å². The molecule has 0 saturated carbocycles. The first-order chi connectivity index (χ1) is 18.2. The zero-order valence-corrected chi connectivity index (χ0v) is 21.8. The number of ketones is 1. The highest BCUT2D eigenvalue weighted by atomic mass is 16.5. The van der Waals surface area contributed by atoms with Gasteiger partial charge in [-0.1, -0.05) is 13.0 Å². The molecule has 8 nitrogen and oxygen atoms in total. The molecular formula is C30H30N2O6. The molecule has 0 bridgehead atoms. The van der Waals surface area contributed by atoms with E-state index in [9.17, 15) is 19.5 Å². The largest absolute Gasteiger partial charge is 0.507 e. The van der Waals surface area contributed by atoms with E-state index in [0.717, 1.165) is 5.56 Å². The summed E-state index contributed by atoms with van der Waals surface area (Å²) in [5.41, 5.74) is 2.20. The Morgan fingerprint density at radius 1 is 1.05 bits per heavy atom. The molecular weight excluding hydrogens is 484 g/mol. The summed E-state index contributed by atoms with van der Waals surface area (Å²) in [6.45, 7) is 7.89. The number of carbonyl (C=O) groups excluding carboxylic acids is 3. The second kappa shape index (κ2) is 11.3. The Kier molecular flexibility index (Phi) is 7.90. The van der Waals surface area contributed by atoms with Crippen molar-refractivity contribution in [3.63, 3.8) is 0 Å². The summed E-state index contributed by atoms with van der Waals surface area (Å²) < 4.78 is 11.0. The number of esters is 1. The Morgan fingerprint density at radius 3 is 2.37 bits per heavy atom. The lowest BCUT2D eigenvalue weighted by Crippen LogP contribution is -2.29. The lowest BCUT2D eigenvalue weighted by molar-refractivity contribution is -0.132. The summed E-state index contributed by atoms with van der Waals surface area (Å²) in [5, 5.41) is 11.4. The lowest BCUT2D eigenvalue weighted by atomic mass is 9.97. The maximum atomic E-state index is 13.3. The van der Waals surface area contributed by atoms with Crippen LogP contribution in [-0.4, -0.2) is 40.5 Å². The Morgan fingerprint density at radius 2 is 1.76 bits per heavy atom. The van der Waals surface area contributed by atoms with E-state index in [2.05, 4.69) is 4.98 Å². The molecule has 8 heteroatoms. The predicted molar refractivity (Wildman–Crippen MR) is 143 cm³/mol. The maximum absolute atomic E-state index is 13.3. The number of anilines is 1. The molecule has 1 atom stereocenters. The van der Waals surface area contributed by atoms with Gasteiger partial charge in [0.2, 0.25) is 0 Å². The summed E-state index contributed by atoms with van der Waals surface area (Å²) in [4.78, 5) is 44.6. The second-order valence-corrected chi connectivity index (χ2v) is 9.25. The number of hydrogen-bond acceptors (Lipinski definition) is 7. The first-order valence-corrected chi connectivity index (χ1v) is 12.5. The molecule has 2 aromatic carbocycles. The molecule has 38 heavy (non-hydrogen) atoms. The number of aliphatic hydroxyl groups is 1. The minimum atomic E-state index is -0.971. The van der Waals surface area contributed by atoms with E-state index in [4.69, 9.17) is 9.47 Å². The SMILES string of the molecule is CCCOC(=O)c1ccc(N2C(=O)C(=O)/C(=C(\O)c3ccc(OC(C)C)c(C)c3)C2c2ccccn2)cc1. The monoisotopic (exact) mass is 514 g/mol. The van der Waals surface area contributed by atoms with Crippen molar-refractivity contribution in [3.8, 4) is 5.75 Å². The summed E-state index contributed by atoms with van der Waals surface area (Å²) in [5.74, 6) is -1.75. The van der Waals surface area contributed by atoms with Crippen molar-refractivity contribution in [1.82, 2.24) is 4.98 Å². The van der Waals surface area contributed by atoms with Crippen LogP contribution in [0.1, 0.15) is 60.4 Å². The molecule has 1 fully saturated rings. The van der Waals surface area contributed by atoms with Crippen molar-refractivity contribution in [1.29, 1.82) is 0 Å². The normalized spacial score (nSPS) is 16.7. The Balaban J connectivity index is 1.79. The number of benzene rings is 2. The van der Waals surface area contributed by atoms with Gasteiger partial charge in [0, 0.05) is 17.4 Å². The second-order valence-electron chi connectivity index (χ2n) is 9.25. The Bertz CT molecular complexity index is 1380. The van der Waals surface area contributed by atoms with E-state index in [0.29, 0.717) is 41.3 Å². The van der Waals surface area contributed by atoms with Crippen molar-refractivity contribution in [2.24, 2.45) is 0 Å². The summed E-state index contributed by atoms with van der Waals surface area (Å²) in [6, 6.07) is 15.5. The fraction of sp³-hybridized carbons (Fsp3) is 0.267. The highest BCUT2D eigenvalue weighted by molar-refractivity contribution is 6.51. The van der Waals surface area contributed by atoms with E-state index in [1.807, 2.05) is 27.7 Å². The number of amides is 1. The topological polar surface area (TPSA) is 106 Å². The van der Waals surface area contributed by atoms with E-state index in [-0.39, 0.29) is 17.4 Å². The quantitative estimate of drug-likeness (QED) is 0.186. The predicted octanol–water partition coefficient (Wildman–Crippen LogP) is 5.37. The smallest absolute Gasteiger partial charge is 0.338 e. The van der Waals surface area contributed by atoms with Gasteiger partial charge in [0.1, 0.15) is 17.6 Å².